The fourth-order valence-electron chi connectivity index (χ4n) is 6.25. The van der Waals surface area contributed by atoms with Crippen LogP contribution in [0, 0.1) is 11.8 Å². The molecule has 294 valence electrons. The van der Waals surface area contributed by atoms with E-state index in [9.17, 15) is 53.1 Å². The van der Waals surface area contributed by atoms with E-state index < -0.39 is 122 Å². The minimum atomic E-state index is -1.53. The summed E-state index contributed by atoms with van der Waals surface area (Å²) >= 11 is 0. The van der Waals surface area contributed by atoms with E-state index in [0.29, 0.717) is 16.3 Å². The Morgan fingerprint density at radius 3 is 1.89 bits per heavy atom. The normalized spacial score (nSPS) is 14.2. The first kappa shape index (κ1) is 42.0. The number of carboxylic acids is 3. The molecule has 0 saturated carbocycles. The largest absolute Gasteiger partial charge is 0.481 e. The van der Waals surface area contributed by atoms with Crippen molar-refractivity contribution in [2.24, 2.45) is 11.8 Å². The third kappa shape index (κ3) is 11.1. The average molecular weight is 773 g/mol. The number of nitrogens with one attached hydrogen (secondary N) is 3. The predicted octanol–water partition coefficient (Wildman–Crippen LogP) is 1.36. The highest BCUT2D eigenvalue weighted by atomic mass is 16.4. The lowest BCUT2D eigenvalue weighted by Gasteiger charge is -2.27. The van der Waals surface area contributed by atoms with Crippen molar-refractivity contribution in [3.05, 3.63) is 83.4 Å². The molecule has 0 fully saturated rings. The number of ketones is 2. The highest BCUT2D eigenvalue weighted by Gasteiger charge is 2.36. The summed E-state index contributed by atoms with van der Waals surface area (Å²) in [5, 5.41) is 35.8. The lowest BCUT2D eigenvalue weighted by atomic mass is 9.91. The van der Waals surface area contributed by atoms with Crippen LogP contribution in [0.1, 0.15) is 65.3 Å². The number of aliphatic carboxylic acids is 3. The van der Waals surface area contributed by atoms with Crippen molar-refractivity contribution in [3.8, 4) is 0 Å². The van der Waals surface area contributed by atoms with E-state index in [2.05, 4.69) is 16.0 Å². The highest BCUT2D eigenvalue weighted by molar-refractivity contribution is 6.26. The van der Waals surface area contributed by atoms with Gasteiger partial charge in [-0.2, -0.15) is 0 Å². The first-order chi connectivity index (χ1) is 26.5. The molecular formula is C39H40N4O13. The maximum absolute atomic E-state index is 13.8. The molecule has 6 N–H and O–H groups in total. The maximum Gasteiger partial charge on any atom is 0.325 e. The van der Waals surface area contributed by atoms with E-state index in [1.165, 1.54) is 19.1 Å². The standard InChI is InChI=1S/C39H40N4O13/c1-21(39(55)56)41-36(52)24(13-14-32(47)48)16-26(44)19-40-35(51)25(18-33(49)50)17-30(45)29(15-22-7-3-2-4-8-22)42-31(46)20-43-37(53)27-11-5-9-23-10-6-12-28(34(23)27)38(43)54/h2-12,21,24-25,29H,13-20H2,1H3,(H,40,51)(H,41,52)(H,42,46)(H,47,48)(H,49,50)(H,55,56)/t21-,24+,25-,29-/m0/s1. The summed E-state index contributed by atoms with van der Waals surface area (Å²) in [5.41, 5.74) is 1.02. The molecule has 4 rings (SSSR count). The molecule has 3 aromatic rings. The predicted molar refractivity (Wildman–Crippen MR) is 195 cm³/mol. The van der Waals surface area contributed by atoms with Crippen LogP contribution in [0.15, 0.2) is 66.7 Å². The van der Waals surface area contributed by atoms with Crippen molar-refractivity contribution in [2.45, 2.75) is 57.5 Å². The van der Waals surface area contributed by atoms with Gasteiger partial charge >= 0.3 is 17.9 Å². The Hall–Kier alpha value is -6.78. The number of hydrogen-bond donors (Lipinski definition) is 6. The Labute approximate surface area is 319 Å². The molecule has 0 radical (unpaired) electrons. The fourth-order valence-corrected chi connectivity index (χ4v) is 6.25. The number of benzene rings is 3. The van der Waals surface area contributed by atoms with Crippen LogP contribution in [0.3, 0.4) is 0 Å². The molecule has 1 aliphatic heterocycles. The number of carboxylic acid groups (broad SMARTS) is 3. The van der Waals surface area contributed by atoms with Gasteiger partial charge in [-0.05, 0) is 42.8 Å². The van der Waals surface area contributed by atoms with Gasteiger partial charge in [-0.25, -0.2) is 0 Å². The summed E-state index contributed by atoms with van der Waals surface area (Å²) in [7, 11) is 0. The zero-order valence-corrected chi connectivity index (χ0v) is 30.2. The average Bonchev–Trinajstić information content (AvgIpc) is 3.15. The molecule has 0 bridgehead atoms. The van der Waals surface area contributed by atoms with E-state index in [0.717, 1.165) is 4.90 Å². The molecule has 3 aromatic carbocycles. The van der Waals surface area contributed by atoms with Crippen LogP contribution >= 0.6 is 0 Å². The van der Waals surface area contributed by atoms with E-state index >= 15 is 0 Å². The number of imide groups is 1. The second kappa shape index (κ2) is 19.0. The van der Waals surface area contributed by atoms with Gasteiger partial charge in [0.25, 0.3) is 11.8 Å². The number of nitrogens with zero attached hydrogens (tertiary/aromatic N) is 1. The number of rotatable bonds is 21. The highest BCUT2D eigenvalue weighted by Crippen LogP contribution is 2.30. The molecule has 4 atom stereocenters. The van der Waals surface area contributed by atoms with Crippen LogP contribution in [0.25, 0.3) is 10.8 Å². The number of carbonyl (C=O) groups is 10. The van der Waals surface area contributed by atoms with Crippen molar-refractivity contribution >= 4 is 69.8 Å². The summed E-state index contributed by atoms with van der Waals surface area (Å²) in [6.45, 7) is -0.303. The van der Waals surface area contributed by atoms with Gasteiger partial charge in [0.1, 0.15) is 12.6 Å². The van der Waals surface area contributed by atoms with Crippen LogP contribution in [0.4, 0.5) is 0 Å². The fraction of sp³-hybridized carbons (Fsp3) is 0.333. The topological polar surface area (TPSA) is 271 Å². The van der Waals surface area contributed by atoms with Crippen LogP contribution < -0.4 is 16.0 Å². The van der Waals surface area contributed by atoms with Crippen molar-refractivity contribution in [1.82, 2.24) is 20.9 Å². The van der Waals surface area contributed by atoms with Crippen molar-refractivity contribution in [2.75, 3.05) is 13.1 Å². The number of Topliss-reactive ketones (excluding diaryl/α,β-unsaturated/α-hetero) is 2. The SMILES string of the molecule is C[C@H](NC(=O)[C@H](CCC(=O)O)CC(=O)CNC(=O)[C@H](CC(=O)O)CC(=O)[C@H](Cc1ccccc1)NC(=O)CN1C(=O)c2cccc3cccc(c23)C1=O)C(=O)O. The molecule has 1 heterocycles. The second-order valence-electron chi connectivity index (χ2n) is 13.3. The Kier molecular flexibility index (Phi) is 14.2. The molecule has 0 spiro atoms. The molecular weight excluding hydrogens is 732 g/mol. The molecule has 1 aliphatic rings. The zero-order valence-electron chi connectivity index (χ0n) is 30.2. The van der Waals surface area contributed by atoms with Crippen LogP contribution in [-0.2, 0) is 44.8 Å². The Bertz CT molecular complexity index is 2010. The molecule has 0 unspecified atom stereocenters. The van der Waals surface area contributed by atoms with Gasteiger partial charge < -0.3 is 31.3 Å². The Morgan fingerprint density at radius 2 is 1.32 bits per heavy atom. The van der Waals surface area contributed by atoms with Crippen molar-refractivity contribution in [3.63, 3.8) is 0 Å². The summed E-state index contributed by atoms with van der Waals surface area (Å²) in [5.74, 6) is -12.6. The van der Waals surface area contributed by atoms with Gasteiger partial charge in [-0.15, -0.1) is 0 Å². The summed E-state index contributed by atoms with van der Waals surface area (Å²) < 4.78 is 0. The minimum absolute atomic E-state index is 0.102. The monoisotopic (exact) mass is 772 g/mol. The van der Waals surface area contributed by atoms with E-state index in [1.54, 1.807) is 54.6 Å². The third-order valence-electron chi connectivity index (χ3n) is 9.14. The smallest absolute Gasteiger partial charge is 0.325 e. The van der Waals surface area contributed by atoms with E-state index in [1.807, 2.05) is 0 Å². The Balaban J connectivity index is 1.45. The van der Waals surface area contributed by atoms with Crippen molar-refractivity contribution < 1.29 is 63.3 Å². The minimum Gasteiger partial charge on any atom is -0.481 e. The molecule has 0 saturated heterocycles. The molecule has 0 aliphatic carbocycles. The summed E-state index contributed by atoms with van der Waals surface area (Å²) in [4.78, 5) is 127. The van der Waals surface area contributed by atoms with Gasteiger partial charge in [0.2, 0.25) is 17.7 Å². The van der Waals surface area contributed by atoms with Gasteiger partial charge in [0.15, 0.2) is 11.6 Å². The first-order valence-electron chi connectivity index (χ1n) is 17.6. The third-order valence-corrected chi connectivity index (χ3v) is 9.14. The van der Waals surface area contributed by atoms with Gasteiger partial charge in [-0.1, -0.05) is 54.6 Å². The number of hydrogen-bond acceptors (Lipinski definition) is 10. The molecule has 5 amide bonds. The molecule has 17 heteroatoms. The van der Waals surface area contributed by atoms with Crippen LogP contribution in [0.5, 0.6) is 0 Å². The van der Waals surface area contributed by atoms with Gasteiger partial charge in [0, 0.05) is 41.7 Å². The van der Waals surface area contributed by atoms with E-state index in [-0.39, 0.29) is 24.0 Å². The van der Waals surface area contributed by atoms with Crippen molar-refractivity contribution in [1.29, 1.82) is 0 Å². The van der Waals surface area contributed by atoms with Crippen LogP contribution in [-0.4, -0.2) is 104 Å². The number of carbonyl (C=O) groups excluding carboxylic acids is 7. The number of amides is 5. The molecule has 56 heavy (non-hydrogen) atoms. The first-order valence-corrected chi connectivity index (χ1v) is 17.6. The lowest BCUT2D eigenvalue weighted by molar-refractivity contribution is -0.143. The second-order valence-corrected chi connectivity index (χ2v) is 13.3. The molecule has 0 aromatic heterocycles. The van der Waals surface area contributed by atoms with Gasteiger partial charge in [0.05, 0.1) is 24.9 Å². The quantitative estimate of drug-likeness (QED) is 0.0836. The zero-order chi connectivity index (χ0) is 41.1. The Morgan fingerprint density at radius 1 is 0.696 bits per heavy atom. The summed E-state index contributed by atoms with van der Waals surface area (Å²) in [6.07, 6.45) is -3.08. The molecule has 17 nitrogen and oxygen atoms in total. The maximum atomic E-state index is 13.8. The van der Waals surface area contributed by atoms with Gasteiger partial charge in [-0.3, -0.25) is 52.8 Å². The van der Waals surface area contributed by atoms with E-state index in [4.69, 9.17) is 10.2 Å². The lowest BCUT2D eigenvalue weighted by Crippen LogP contribution is -2.51. The summed E-state index contributed by atoms with van der Waals surface area (Å²) in [6, 6.07) is 15.6. The van der Waals surface area contributed by atoms with Crippen LogP contribution in [0.2, 0.25) is 0 Å².